The summed E-state index contributed by atoms with van der Waals surface area (Å²) >= 11 is 0. The zero-order valence-corrected chi connectivity index (χ0v) is 19.2. The van der Waals surface area contributed by atoms with Gasteiger partial charge in [0, 0.05) is 61.1 Å². The van der Waals surface area contributed by atoms with Crippen LogP contribution in [-0.4, -0.2) is 57.9 Å². The smallest absolute Gasteiger partial charge is 0.316 e. The van der Waals surface area contributed by atoms with Crippen LogP contribution >= 0.6 is 0 Å². The zero-order valence-electron chi connectivity index (χ0n) is 19.2. The largest absolute Gasteiger partial charge is 0.467 e. The van der Waals surface area contributed by atoms with E-state index in [2.05, 4.69) is 44.4 Å². The Balaban J connectivity index is 1.57. The molecule has 0 saturated carbocycles. The number of piperazine rings is 1. The van der Waals surface area contributed by atoms with E-state index in [1.54, 1.807) is 10.9 Å². The summed E-state index contributed by atoms with van der Waals surface area (Å²) in [4.78, 5) is 24.6. The zero-order chi connectivity index (χ0) is 23.1. The lowest BCUT2D eigenvalue weighted by molar-refractivity contribution is 0.102. The van der Waals surface area contributed by atoms with Gasteiger partial charge in [0.25, 0.3) is 5.91 Å². The Kier molecular flexibility index (Phi) is 5.33. The molecule has 9 heteroatoms. The van der Waals surface area contributed by atoms with Gasteiger partial charge in [0.1, 0.15) is 0 Å². The van der Waals surface area contributed by atoms with Crippen LogP contribution in [0.15, 0.2) is 42.7 Å². The van der Waals surface area contributed by atoms with Gasteiger partial charge in [-0.3, -0.25) is 9.48 Å². The van der Waals surface area contributed by atoms with Crippen molar-refractivity contribution in [3.8, 4) is 6.01 Å². The number of amides is 1. The predicted octanol–water partition coefficient (Wildman–Crippen LogP) is 2.96. The Labute approximate surface area is 191 Å². The number of ether oxygens (including phenoxy) is 1. The maximum atomic E-state index is 13.4. The molecule has 4 aromatic rings. The van der Waals surface area contributed by atoms with Crippen LogP contribution in [0.3, 0.4) is 0 Å². The molecular weight excluding hydrogens is 418 g/mol. The number of nitrogens with one attached hydrogen (secondary N) is 2. The van der Waals surface area contributed by atoms with Crippen molar-refractivity contribution in [3.05, 3.63) is 48.3 Å². The number of nitrogens with zero attached hydrogens (tertiary/aromatic N) is 5. The average Bonchev–Trinajstić information content (AvgIpc) is 3.18. The number of fused-ring (bicyclic) bond motifs is 2. The number of carbonyl (C=O) groups is 1. The first kappa shape index (κ1) is 21.1. The van der Waals surface area contributed by atoms with E-state index in [-0.39, 0.29) is 11.9 Å². The molecule has 0 bridgehead atoms. The molecule has 9 nitrogen and oxygen atoms in total. The summed E-state index contributed by atoms with van der Waals surface area (Å²) < 4.78 is 7.00. The highest BCUT2D eigenvalue weighted by molar-refractivity contribution is 6.15. The first-order chi connectivity index (χ1) is 15.9. The number of carbonyl (C=O) groups excluding carboxylic acids is 1. The van der Waals surface area contributed by atoms with Crippen LogP contribution in [0.4, 0.5) is 11.4 Å². The Morgan fingerprint density at radius 1 is 1.15 bits per heavy atom. The van der Waals surface area contributed by atoms with Crippen LogP contribution in [0, 0.1) is 0 Å². The summed E-state index contributed by atoms with van der Waals surface area (Å²) in [5.41, 5.74) is 3.56. The van der Waals surface area contributed by atoms with Crippen LogP contribution in [0.25, 0.3) is 21.8 Å². The van der Waals surface area contributed by atoms with E-state index in [0.717, 1.165) is 35.1 Å². The number of aromatic nitrogens is 4. The molecule has 3 heterocycles. The van der Waals surface area contributed by atoms with Crippen molar-refractivity contribution in [1.29, 1.82) is 0 Å². The molecule has 0 unspecified atom stereocenters. The van der Waals surface area contributed by atoms with Crippen molar-refractivity contribution < 1.29 is 9.53 Å². The fourth-order valence-corrected chi connectivity index (χ4v) is 4.63. The van der Waals surface area contributed by atoms with Crippen LogP contribution in [0.2, 0.25) is 0 Å². The van der Waals surface area contributed by atoms with Gasteiger partial charge < -0.3 is 20.3 Å². The fraction of sp³-hybridized carbons (Fsp3) is 0.333. The molecule has 2 atom stereocenters. The van der Waals surface area contributed by atoms with Gasteiger partial charge in [-0.15, -0.1) is 0 Å². The van der Waals surface area contributed by atoms with E-state index in [0.29, 0.717) is 28.9 Å². The Morgan fingerprint density at radius 3 is 2.70 bits per heavy atom. The molecule has 1 amide bonds. The molecule has 5 rings (SSSR count). The second-order valence-corrected chi connectivity index (χ2v) is 8.62. The van der Waals surface area contributed by atoms with E-state index in [1.165, 1.54) is 7.11 Å². The van der Waals surface area contributed by atoms with E-state index < -0.39 is 0 Å². The molecule has 1 saturated heterocycles. The van der Waals surface area contributed by atoms with Gasteiger partial charge in [0.15, 0.2) is 0 Å². The highest BCUT2D eigenvalue weighted by Gasteiger charge is 2.25. The summed E-state index contributed by atoms with van der Waals surface area (Å²) in [7, 11) is 3.38. The summed E-state index contributed by atoms with van der Waals surface area (Å²) in [6.07, 6.45) is 3.64. The van der Waals surface area contributed by atoms with Crippen molar-refractivity contribution in [3.63, 3.8) is 0 Å². The number of methoxy groups -OCH3 is 1. The quantitative estimate of drug-likeness (QED) is 0.498. The first-order valence-electron chi connectivity index (χ1n) is 11.0. The Hall–Kier alpha value is -3.72. The number of anilines is 2. The van der Waals surface area contributed by atoms with Crippen molar-refractivity contribution >= 4 is 39.1 Å². The SMILES string of the molecule is COc1ncc2c(N3C[C@H](C)N[C@@H](C)C3)ccc(C(=O)Nc3cccc4nn(C)cc34)c2n1. The van der Waals surface area contributed by atoms with Gasteiger partial charge >= 0.3 is 6.01 Å². The molecule has 1 aliphatic heterocycles. The third kappa shape index (κ3) is 3.95. The third-order valence-electron chi connectivity index (χ3n) is 5.94. The maximum absolute atomic E-state index is 13.4. The molecule has 2 aromatic heterocycles. The highest BCUT2D eigenvalue weighted by atomic mass is 16.5. The minimum absolute atomic E-state index is 0.227. The monoisotopic (exact) mass is 445 g/mol. The van der Waals surface area contributed by atoms with Crippen LogP contribution < -0.4 is 20.3 Å². The second kappa shape index (κ2) is 8.32. The molecule has 0 radical (unpaired) electrons. The van der Waals surface area contributed by atoms with Crippen LogP contribution in [0.5, 0.6) is 6.01 Å². The molecule has 33 heavy (non-hydrogen) atoms. The fourth-order valence-electron chi connectivity index (χ4n) is 4.63. The van der Waals surface area contributed by atoms with Gasteiger partial charge in [-0.05, 0) is 38.1 Å². The van der Waals surface area contributed by atoms with Crippen molar-refractivity contribution in [1.82, 2.24) is 25.1 Å². The van der Waals surface area contributed by atoms with Gasteiger partial charge in [0.05, 0.1) is 29.4 Å². The number of aryl methyl sites for hydroxylation is 1. The third-order valence-corrected chi connectivity index (χ3v) is 5.94. The predicted molar refractivity (Wildman–Crippen MR) is 129 cm³/mol. The van der Waals surface area contributed by atoms with Gasteiger partial charge in [-0.1, -0.05) is 6.07 Å². The molecule has 2 N–H and O–H groups in total. The first-order valence-corrected chi connectivity index (χ1v) is 11.0. The standard InChI is InChI=1S/C24H27N7O2/c1-14-11-31(12-15(2)26-14)21-9-8-16(22-17(21)10-25-24(28-22)33-4)23(32)27-19-6-5-7-20-18(19)13-30(3)29-20/h5-10,13-15,26H,11-12H2,1-4H3,(H,27,32)/t14-,15-/m0/s1. The molecule has 0 spiro atoms. The summed E-state index contributed by atoms with van der Waals surface area (Å²) in [6, 6.07) is 10.4. The van der Waals surface area contributed by atoms with E-state index in [1.807, 2.05) is 43.6 Å². The summed E-state index contributed by atoms with van der Waals surface area (Å²) in [6.45, 7) is 6.07. The maximum Gasteiger partial charge on any atom is 0.316 e. The van der Waals surface area contributed by atoms with Gasteiger partial charge in [0.2, 0.25) is 0 Å². The molecule has 2 aromatic carbocycles. The molecular formula is C24H27N7O2. The van der Waals surface area contributed by atoms with Crippen molar-refractivity contribution in [2.24, 2.45) is 7.05 Å². The molecule has 1 aliphatic rings. The minimum atomic E-state index is -0.245. The number of benzene rings is 2. The lowest BCUT2D eigenvalue weighted by Crippen LogP contribution is -2.54. The van der Waals surface area contributed by atoms with E-state index in [4.69, 9.17) is 4.74 Å². The average molecular weight is 446 g/mol. The van der Waals surface area contributed by atoms with Crippen molar-refractivity contribution in [2.75, 3.05) is 30.4 Å². The minimum Gasteiger partial charge on any atom is -0.467 e. The van der Waals surface area contributed by atoms with Crippen LogP contribution in [0.1, 0.15) is 24.2 Å². The topological polar surface area (TPSA) is 97.2 Å². The number of hydrogen-bond donors (Lipinski definition) is 2. The normalized spacial score (nSPS) is 18.6. The van der Waals surface area contributed by atoms with Gasteiger partial charge in [-0.25, -0.2) is 4.98 Å². The van der Waals surface area contributed by atoms with Gasteiger partial charge in [-0.2, -0.15) is 10.1 Å². The summed E-state index contributed by atoms with van der Waals surface area (Å²) in [5.74, 6) is -0.245. The lowest BCUT2D eigenvalue weighted by atomic mass is 10.0. The van der Waals surface area contributed by atoms with Crippen LogP contribution in [-0.2, 0) is 7.05 Å². The van der Waals surface area contributed by atoms with E-state index >= 15 is 0 Å². The second-order valence-electron chi connectivity index (χ2n) is 8.62. The molecule has 1 fully saturated rings. The van der Waals surface area contributed by atoms with Crippen molar-refractivity contribution in [2.45, 2.75) is 25.9 Å². The number of hydrogen-bond acceptors (Lipinski definition) is 7. The lowest BCUT2D eigenvalue weighted by Gasteiger charge is -2.38. The molecule has 170 valence electrons. The number of rotatable bonds is 4. The summed E-state index contributed by atoms with van der Waals surface area (Å²) in [5, 5.41) is 12.7. The Bertz CT molecular complexity index is 1340. The highest BCUT2D eigenvalue weighted by Crippen LogP contribution is 2.31. The van der Waals surface area contributed by atoms with E-state index in [9.17, 15) is 4.79 Å². The Morgan fingerprint density at radius 2 is 1.94 bits per heavy atom. The molecule has 0 aliphatic carbocycles.